The van der Waals surface area contributed by atoms with Crippen LogP contribution in [0.1, 0.15) is 27.7 Å². The fourth-order valence-electron chi connectivity index (χ4n) is 0.414. The second kappa shape index (κ2) is 5.35. The molecule has 0 saturated heterocycles. The van der Waals surface area contributed by atoms with E-state index in [1.54, 1.807) is 20.8 Å². The van der Waals surface area contributed by atoms with E-state index in [9.17, 15) is 9.59 Å². The summed E-state index contributed by atoms with van der Waals surface area (Å²) in [5, 5.41) is 3.88. The van der Waals surface area contributed by atoms with E-state index < -0.39 is 17.7 Å². The molecule has 86 valence electrons. The number of carbonyl (C=O) groups is 2. The van der Waals surface area contributed by atoms with Gasteiger partial charge in [-0.25, -0.2) is 14.5 Å². The average Bonchev–Trinajstić information content (AvgIpc) is 2.00. The number of carbonyl (C=O) groups excluding carboxylic acids is 2. The lowest BCUT2D eigenvalue weighted by Crippen LogP contribution is -2.24. The van der Waals surface area contributed by atoms with Crippen LogP contribution in [0.3, 0.4) is 0 Å². The van der Waals surface area contributed by atoms with Gasteiger partial charge >= 0.3 is 12.1 Å². The average molecular weight is 218 g/mol. The van der Waals surface area contributed by atoms with Crippen molar-refractivity contribution in [2.45, 2.75) is 33.3 Å². The molecule has 0 unspecified atom stereocenters. The first-order chi connectivity index (χ1) is 6.72. The highest BCUT2D eigenvalue weighted by Gasteiger charge is 2.19. The molecule has 6 nitrogen and oxygen atoms in total. The zero-order chi connectivity index (χ0) is 12.1. The van der Waals surface area contributed by atoms with Gasteiger partial charge in [0.2, 0.25) is 0 Å². The highest BCUT2D eigenvalue weighted by Crippen LogP contribution is 2.08. The summed E-state index contributed by atoms with van der Waals surface area (Å²) in [6.45, 7) is 9.64. The van der Waals surface area contributed by atoms with Crippen molar-refractivity contribution in [3.8, 4) is 0 Å². The molecule has 0 bridgehead atoms. The maximum Gasteiger partial charge on any atom is 0.543 e. The maximum absolute atomic E-state index is 10.8. The van der Waals surface area contributed by atoms with E-state index >= 15 is 0 Å². The Labute approximate surface area is 87.6 Å². The van der Waals surface area contributed by atoms with Gasteiger partial charge in [-0.2, -0.15) is 0 Å². The van der Waals surface area contributed by atoms with Crippen LogP contribution in [0.5, 0.6) is 0 Å². The lowest BCUT2D eigenvalue weighted by molar-refractivity contribution is -0.458. The van der Waals surface area contributed by atoms with Crippen molar-refractivity contribution in [1.29, 1.82) is 0 Å². The Balaban J connectivity index is 3.74. The molecule has 0 spiro atoms. The topological polar surface area (TPSA) is 71.1 Å². The third-order valence-electron chi connectivity index (χ3n) is 0.950. The number of hydrogen-bond donors (Lipinski definition) is 0. The third-order valence-corrected chi connectivity index (χ3v) is 0.950. The molecule has 0 aromatic carbocycles. The van der Waals surface area contributed by atoms with Gasteiger partial charge in [0, 0.05) is 5.57 Å². The van der Waals surface area contributed by atoms with Crippen LogP contribution in [0.2, 0.25) is 0 Å². The Kier molecular flexibility index (Phi) is 4.80. The summed E-state index contributed by atoms with van der Waals surface area (Å²) in [4.78, 5) is 29.6. The minimum atomic E-state index is -1.10. The summed E-state index contributed by atoms with van der Waals surface area (Å²) in [7, 11) is 0. The largest absolute Gasteiger partial charge is 0.543 e. The Morgan fingerprint density at radius 1 is 1.13 bits per heavy atom. The van der Waals surface area contributed by atoms with Crippen LogP contribution in [0.25, 0.3) is 0 Å². The third kappa shape index (κ3) is 7.51. The zero-order valence-corrected chi connectivity index (χ0v) is 9.16. The van der Waals surface area contributed by atoms with Gasteiger partial charge in [-0.05, 0) is 27.7 Å². The summed E-state index contributed by atoms with van der Waals surface area (Å²) in [6, 6.07) is 0. The first-order valence-electron chi connectivity index (χ1n) is 4.16. The van der Waals surface area contributed by atoms with Gasteiger partial charge in [-0.1, -0.05) is 6.58 Å². The highest BCUT2D eigenvalue weighted by atomic mass is 17.5. The Morgan fingerprint density at radius 2 is 1.67 bits per heavy atom. The molecule has 6 heteroatoms. The van der Waals surface area contributed by atoms with Crippen LogP contribution in [0, 0.1) is 0 Å². The number of rotatable bonds is 3. The van der Waals surface area contributed by atoms with Gasteiger partial charge in [0.1, 0.15) is 5.60 Å². The molecule has 0 aliphatic heterocycles. The first kappa shape index (κ1) is 13.4. The fraction of sp³-hybridized carbons (Fsp3) is 0.556. The maximum atomic E-state index is 10.8. The molecule has 0 aromatic rings. The summed E-state index contributed by atoms with van der Waals surface area (Å²) in [6.07, 6.45) is -1.10. The Hall–Kier alpha value is -1.56. The normalized spacial score (nSPS) is 10.4. The van der Waals surface area contributed by atoms with Crippen LogP contribution >= 0.6 is 0 Å². The van der Waals surface area contributed by atoms with Gasteiger partial charge < -0.3 is 4.74 Å². The van der Waals surface area contributed by atoms with E-state index in [0.717, 1.165) is 0 Å². The number of hydrogen-bond acceptors (Lipinski definition) is 6. The van der Waals surface area contributed by atoms with E-state index in [4.69, 9.17) is 0 Å². The standard InChI is InChI=1S/C9H14O6/c1-6(2)7(10)13-15-14-8(11)12-9(3,4)5/h1H2,2-5H3. The minimum Gasteiger partial charge on any atom is -0.427 e. The van der Waals surface area contributed by atoms with E-state index in [-0.39, 0.29) is 5.57 Å². The Morgan fingerprint density at radius 3 is 2.07 bits per heavy atom. The lowest BCUT2D eigenvalue weighted by atomic mass is 10.2. The van der Waals surface area contributed by atoms with Gasteiger partial charge in [-0.3, -0.25) is 4.89 Å². The van der Waals surface area contributed by atoms with Crippen molar-refractivity contribution in [1.82, 2.24) is 0 Å². The van der Waals surface area contributed by atoms with Crippen molar-refractivity contribution >= 4 is 12.1 Å². The molecular formula is C9H14O6. The zero-order valence-electron chi connectivity index (χ0n) is 9.16. The predicted molar refractivity (Wildman–Crippen MR) is 49.3 cm³/mol. The molecular weight excluding hydrogens is 204 g/mol. The number of ether oxygens (including phenoxy) is 1. The van der Waals surface area contributed by atoms with Gasteiger partial charge in [0.25, 0.3) is 0 Å². The molecule has 0 fully saturated rings. The molecule has 0 radical (unpaired) electrons. The minimum absolute atomic E-state index is 0.114. The van der Waals surface area contributed by atoms with Crippen molar-refractivity contribution < 1.29 is 29.1 Å². The summed E-state index contributed by atoms with van der Waals surface area (Å²) >= 11 is 0. The quantitative estimate of drug-likeness (QED) is 0.312. The molecule has 0 heterocycles. The van der Waals surface area contributed by atoms with Crippen LogP contribution in [0.15, 0.2) is 12.2 Å². The van der Waals surface area contributed by atoms with Gasteiger partial charge in [-0.15, -0.1) is 0 Å². The van der Waals surface area contributed by atoms with Crippen molar-refractivity contribution in [3.63, 3.8) is 0 Å². The predicted octanol–water partition coefficient (Wildman–Crippen LogP) is 1.90. The summed E-state index contributed by atoms with van der Waals surface area (Å²) < 4.78 is 4.68. The van der Waals surface area contributed by atoms with Crippen molar-refractivity contribution in [3.05, 3.63) is 12.2 Å². The molecule has 15 heavy (non-hydrogen) atoms. The van der Waals surface area contributed by atoms with Gasteiger partial charge in [0.15, 0.2) is 0 Å². The second-order valence-corrected chi connectivity index (χ2v) is 3.77. The smallest absolute Gasteiger partial charge is 0.427 e. The van der Waals surface area contributed by atoms with Gasteiger partial charge in [0.05, 0.1) is 5.04 Å². The van der Waals surface area contributed by atoms with Crippen molar-refractivity contribution in [2.75, 3.05) is 0 Å². The second-order valence-electron chi connectivity index (χ2n) is 3.77. The molecule has 0 aliphatic rings. The van der Waals surface area contributed by atoms with E-state index in [1.807, 2.05) is 0 Å². The molecule has 0 saturated carbocycles. The molecule has 0 aliphatic carbocycles. The van der Waals surface area contributed by atoms with Crippen LogP contribution in [0.4, 0.5) is 4.79 Å². The van der Waals surface area contributed by atoms with E-state index in [2.05, 4.69) is 26.1 Å². The highest BCUT2D eigenvalue weighted by molar-refractivity contribution is 5.86. The first-order valence-corrected chi connectivity index (χ1v) is 4.16. The molecule has 0 aromatic heterocycles. The van der Waals surface area contributed by atoms with E-state index in [1.165, 1.54) is 6.92 Å². The molecule has 0 atom stereocenters. The molecule has 0 rings (SSSR count). The Bertz CT molecular complexity index is 262. The van der Waals surface area contributed by atoms with Crippen molar-refractivity contribution in [2.24, 2.45) is 0 Å². The summed E-state index contributed by atoms with van der Waals surface area (Å²) in [5.41, 5.74) is -0.596. The fourth-order valence-corrected chi connectivity index (χ4v) is 0.414. The monoisotopic (exact) mass is 218 g/mol. The lowest BCUT2D eigenvalue weighted by Gasteiger charge is -2.17. The molecule has 0 N–H and O–H groups in total. The molecule has 0 amide bonds. The van der Waals surface area contributed by atoms with E-state index in [0.29, 0.717) is 0 Å². The van der Waals surface area contributed by atoms with Crippen LogP contribution < -0.4 is 0 Å². The van der Waals surface area contributed by atoms with Crippen LogP contribution in [-0.2, 0) is 24.3 Å². The van der Waals surface area contributed by atoms with Crippen LogP contribution in [-0.4, -0.2) is 17.7 Å². The summed E-state index contributed by atoms with van der Waals surface area (Å²) in [5.74, 6) is -0.835. The SMILES string of the molecule is C=C(C)C(=O)OOOC(=O)OC(C)(C)C.